The summed E-state index contributed by atoms with van der Waals surface area (Å²) in [6, 6.07) is 0. The number of hydrogen-bond donors (Lipinski definition) is 1. The van der Waals surface area contributed by atoms with Crippen LogP contribution >= 0.6 is 0 Å². The fourth-order valence-corrected chi connectivity index (χ4v) is 1.32. The number of carbonyl (C=O) groups is 2. The molecule has 0 aromatic heterocycles. The summed E-state index contributed by atoms with van der Waals surface area (Å²) in [7, 11) is 0. The van der Waals surface area contributed by atoms with Crippen molar-refractivity contribution >= 4 is 11.7 Å². The molecule has 0 aliphatic heterocycles. The van der Waals surface area contributed by atoms with Gasteiger partial charge in [0.25, 0.3) is 0 Å². The molecular formula is C14H27NO6. The predicted molar refractivity (Wildman–Crippen MR) is 77.3 cm³/mol. The van der Waals surface area contributed by atoms with E-state index in [1.54, 1.807) is 0 Å². The van der Waals surface area contributed by atoms with Gasteiger partial charge in [-0.15, -0.1) is 0 Å². The molecule has 0 bridgehead atoms. The van der Waals surface area contributed by atoms with E-state index in [9.17, 15) is 9.59 Å². The summed E-state index contributed by atoms with van der Waals surface area (Å²) in [5.41, 5.74) is 0. The molecule has 0 aliphatic rings. The largest absolute Gasteiger partial charge is 0.379 e. The third-order valence-electron chi connectivity index (χ3n) is 2.30. The van der Waals surface area contributed by atoms with Crippen molar-refractivity contribution in [2.75, 3.05) is 59.4 Å². The molecule has 7 heteroatoms. The molecule has 0 aromatic rings. The average molecular weight is 305 g/mol. The van der Waals surface area contributed by atoms with E-state index < -0.39 is 0 Å². The Hall–Kier alpha value is -1.02. The lowest BCUT2D eigenvalue weighted by atomic mass is 10.4. The fourth-order valence-electron chi connectivity index (χ4n) is 1.32. The molecule has 0 unspecified atom stereocenters. The van der Waals surface area contributed by atoms with Crippen LogP contribution in [0.25, 0.3) is 0 Å². The lowest BCUT2D eigenvalue weighted by Gasteiger charge is -2.07. The zero-order valence-corrected chi connectivity index (χ0v) is 13.0. The second kappa shape index (κ2) is 15.4. The Labute approximate surface area is 126 Å². The van der Waals surface area contributed by atoms with E-state index in [2.05, 4.69) is 5.32 Å². The first-order chi connectivity index (χ1) is 10.2. The van der Waals surface area contributed by atoms with Gasteiger partial charge in [0.15, 0.2) is 5.78 Å². The Balaban J connectivity index is 3.17. The number of Topliss-reactive ketones (excluding diaryl/α,β-unsaturated/α-hetero) is 1. The zero-order chi connectivity index (χ0) is 15.8. The molecule has 0 fully saturated rings. The van der Waals surface area contributed by atoms with E-state index >= 15 is 0 Å². The van der Waals surface area contributed by atoms with Crippen molar-refractivity contribution in [3.05, 3.63) is 0 Å². The third-order valence-corrected chi connectivity index (χ3v) is 2.30. The second-order valence-corrected chi connectivity index (χ2v) is 4.28. The van der Waals surface area contributed by atoms with E-state index in [4.69, 9.17) is 18.9 Å². The van der Waals surface area contributed by atoms with Gasteiger partial charge in [0.2, 0.25) is 5.91 Å². The zero-order valence-electron chi connectivity index (χ0n) is 13.0. The number of amides is 1. The van der Waals surface area contributed by atoms with Crippen LogP contribution in [0.2, 0.25) is 0 Å². The van der Waals surface area contributed by atoms with E-state index in [0.29, 0.717) is 59.2 Å². The van der Waals surface area contributed by atoms with Gasteiger partial charge in [0, 0.05) is 19.6 Å². The van der Waals surface area contributed by atoms with Crippen LogP contribution in [0.4, 0.5) is 0 Å². The molecule has 21 heavy (non-hydrogen) atoms. The van der Waals surface area contributed by atoms with E-state index in [1.165, 1.54) is 6.92 Å². The van der Waals surface area contributed by atoms with Crippen molar-refractivity contribution in [3.63, 3.8) is 0 Å². The van der Waals surface area contributed by atoms with E-state index in [1.807, 2.05) is 6.92 Å². The van der Waals surface area contributed by atoms with Crippen molar-refractivity contribution in [3.8, 4) is 0 Å². The molecule has 0 radical (unpaired) electrons. The predicted octanol–water partition coefficient (Wildman–Crippen LogP) is 0.168. The number of hydrogen-bond acceptors (Lipinski definition) is 6. The van der Waals surface area contributed by atoms with E-state index in [-0.39, 0.29) is 18.3 Å². The number of carbonyl (C=O) groups excluding carboxylic acids is 2. The lowest BCUT2D eigenvalue weighted by Crippen LogP contribution is -2.28. The summed E-state index contributed by atoms with van der Waals surface area (Å²) in [5, 5.41) is 2.72. The van der Waals surface area contributed by atoms with Gasteiger partial charge in [-0.2, -0.15) is 0 Å². The number of nitrogens with one attached hydrogen (secondary N) is 1. The molecule has 124 valence electrons. The van der Waals surface area contributed by atoms with Crippen molar-refractivity contribution < 1.29 is 28.5 Å². The third kappa shape index (κ3) is 16.9. The molecule has 7 nitrogen and oxygen atoms in total. The van der Waals surface area contributed by atoms with Crippen LogP contribution in [-0.4, -0.2) is 71.1 Å². The van der Waals surface area contributed by atoms with Gasteiger partial charge < -0.3 is 24.3 Å². The number of ketones is 1. The van der Waals surface area contributed by atoms with Crippen molar-refractivity contribution in [2.45, 2.75) is 20.3 Å². The molecule has 0 saturated carbocycles. The van der Waals surface area contributed by atoms with Gasteiger partial charge in [-0.25, -0.2) is 0 Å². The minimum absolute atomic E-state index is 0.00858. The van der Waals surface area contributed by atoms with Crippen LogP contribution in [0.5, 0.6) is 0 Å². The molecule has 0 spiro atoms. The van der Waals surface area contributed by atoms with Crippen molar-refractivity contribution in [1.82, 2.24) is 5.32 Å². The number of rotatable bonds is 15. The summed E-state index contributed by atoms with van der Waals surface area (Å²) < 4.78 is 20.6. The summed E-state index contributed by atoms with van der Waals surface area (Å²) in [5.74, 6) is -0.0754. The Morgan fingerprint density at radius 3 is 2.14 bits per heavy atom. The maximum atomic E-state index is 11.4. The molecule has 0 saturated heterocycles. The van der Waals surface area contributed by atoms with Crippen LogP contribution in [0.15, 0.2) is 0 Å². The smallest absolute Gasteiger partial charge is 0.222 e. The summed E-state index contributed by atoms with van der Waals surface area (Å²) in [4.78, 5) is 22.0. The Morgan fingerprint density at radius 1 is 0.857 bits per heavy atom. The molecule has 1 N–H and O–H groups in total. The van der Waals surface area contributed by atoms with Crippen LogP contribution in [0.1, 0.15) is 20.3 Å². The van der Waals surface area contributed by atoms with Crippen LogP contribution in [0.3, 0.4) is 0 Å². The SMILES string of the molecule is CCOCCOCCC(=O)NCCOCCOCC(C)=O. The van der Waals surface area contributed by atoms with Crippen LogP contribution in [-0.2, 0) is 28.5 Å². The normalized spacial score (nSPS) is 10.6. The maximum Gasteiger partial charge on any atom is 0.222 e. The summed E-state index contributed by atoms with van der Waals surface area (Å²) >= 11 is 0. The van der Waals surface area contributed by atoms with Gasteiger partial charge >= 0.3 is 0 Å². The lowest BCUT2D eigenvalue weighted by molar-refractivity contribution is -0.123. The van der Waals surface area contributed by atoms with Gasteiger partial charge in [0.1, 0.15) is 6.61 Å². The highest BCUT2D eigenvalue weighted by Gasteiger charge is 2.00. The highest BCUT2D eigenvalue weighted by molar-refractivity contribution is 5.76. The molecule has 0 rings (SSSR count). The molecule has 0 aromatic carbocycles. The molecule has 1 amide bonds. The highest BCUT2D eigenvalue weighted by atomic mass is 16.5. The standard InChI is InChI=1S/C14H27NO6/c1-3-18-8-9-19-6-4-14(17)15-5-7-20-10-11-21-12-13(2)16/h3-12H2,1-2H3,(H,15,17). The monoisotopic (exact) mass is 305 g/mol. The maximum absolute atomic E-state index is 11.4. The molecule has 0 heterocycles. The summed E-state index contributed by atoms with van der Waals surface area (Å²) in [6.45, 7) is 7.27. The van der Waals surface area contributed by atoms with Gasteiger partial charge in [-0.05, 0) is 13.8 Å². The summed E-state index contributed by atoms with van der Waals surface area (Å²) in [6.07, 6.45) is 0.327. The first-order valence-electron chi connectivity index (χ1n) is 7.24. The second-order valence-electron chi connectivity index (χ2n) is 4.28. The minimum Gasteiger partial charge on any atom is -0.379 e. The Bertz CT molecular complexity index is 272. The van der Waals surface area contributed by atoms with Crippen LogP contribution in [0, 0.1) is 0 Å². The average Bonchev–Trinajstić information content (AvgIpc) is 2.45. The van der Waals surface area contributed by atoms with Crippen molar-refractivity contribution in [2.24, 2.45) is 0 Å². The quantitative estimate of drug-likeness (QED) is 0.434. The highest BCUT2D eigenvalue weighted by Crippen LogP contribution is 1.85. The first kappa shape index (κ1) is 20.0. The molecule has 0 aliphatic carbocycles. The fraction of sp³-hybridized carbons (Fsp3) is 0.857. The Morgan fingerprint density at radius 2 is 1.48 bits per heavy atom. The Kier molecular flexibility index (Phi) is 14.6. The van der Waals surface area contributed by atoms with Gasteiger partial charge in [-0.1, -0.05) is 0 Å². The van der Waals surface area contributed by atoms with Gasteiger partial charge in [0.05, 0.1) is 39.6 Å². The molecule has 0 atom stereocenters. The van der Waals surface area contributed by atoms with E-state index in [0.717, 1.165) is 0 Å². The van der Waals surface area contributed by atoms with Gasteiger partial charge in [-0.3, -0.25) is 9.59 Å². The molecular weight excluding hydrogens is 278 g/mol. The first-order valence-corrected chi connectivity index (χ1v) is 7.24. The van der Waals surface area contributed by atoms with Crippen molar-refractivity contribution in [1.29, 1.82) is 0 Å². The topological polar surface area (TPSA) is 83.1 Å². The number of ether oxygens (including phenoxy) is 4. The van der Waals surface area contributed by atoms with Crippen LogP contribution < -0.4 is 5.32 Å². The minimum atomic E-state index is -0.0668.